The highest BCUT2D eigenvalue weighted by atomic mass is 32.2. The van der Waals surface area contributed by atoms with Crippen molar-refractivity contribution in [2.24, 2.45) is 5.92 Å². The van der Waals surface area contributed by atoms with E-state index in [1.165, 1.54) is 37.1 Å². The SMILES string of the molecule is O=C(Cc1ccccn1)C[N+]12CCC(CC1)[C@@H](OC(=O)C1(c3ccccc3)CCCCCC1)C2.O=S(=O)([O-])c1cccc2c(S(=O)(=O)[O-])cccc12. The Bertz CT molecular complexity index is 2040. The molecule has 4 heterocycles. The number of hydrogen-bond acceptors (Lipinski definition) is 10. The van der Waals surface area contributed by atoms with Crippen LogP contribution in [0.2, 0.25) is 0 Å². The van der Waals surface area contributed by atoms with E-state index in [1.54, 1.807) is 6.20 Å². The van der Waals surface area contributed by atoms with Gasteiger partial charge in [0.25, 0.3) is 0 Å². The van der Waals surface area contributed by atoms with Gasteiger partial charge in [-0.05, 0) is 42.7 Å². The van der Waals surface area contributed by atoms with Gasteiger partial charge in [-0.2, -0.15) is 0 Å². The minimum Gasteiger partial charge on any atom is -0.744 e. The quantitative estimate of drug-likeness (QED) is 0.0949. The molecule has 0 unspecified atom stereocenters. The van der Waals surface area contributed by atoms with Gasteiger partial charge in [-0.15, -0.1) is 0 Å². The van der Waals surface area contributed by atoms with E-state index in [4.69, 9.17) is 4.74 Å². The molecule has 4 aromatic rings. The highest BCUT2D eigenvalue weighted by molar-refractivity contribution is 7.86. The van der Waals surface area contributed by atoms with E-state index < -0.39 is 35.4 Å². The Labute approximate surface area is 305 Å². The van der Waals surface area contributed by atoms with Crippen LogP contribution in [-0.4, -0.2) is 79.4 Å². The molecule has 276 valence electrons. The molecule has 3 saturated heterocycles. The van der Waals surface area contributed by atoms with Gasteiger partial charge in [0.15, 0.2) is 11.9 Å². The molecule has 0 spiro atoms. The summed E-state index contributed by atoms with van der Waals surface area (Å²) in [7, 11) is -9.48. The molecule has 4 aliphatic rings. The van der Waals surface area contributed by atoms with Gasteiger partial charge in [0.2, 0.25) is 0 Å². The molecular weight excluding hydrogens is 705 g/mol. The zero-order valence-electron chi connectivity index (χ0n) is 28.9. The Kier molecular flexibility index (Phi) is 11.3. The summed E-state index contributed by atoms with van der Waals surface area (Å²) < 4.78 is 73.3. The zero-order valence-corrected chi connectivity index (χ0v) is 30.5. The predicted octanol–water partition coefficient (Wildman–Crippen LogP) is 5.29. The number of carbonyl (C=O) groups is 2. The smallest absolute Gasteiger partial charge is 0.317 e. The van der Waals surface area contributed by atoms with Crippen molar-refractivity contribution >= 4 is 42.8 Å². The summed E-state index contributed by atoms with van der Waals surface area (Å²) in [5, 5.41) is -0.158. The minimum atomic E-state index is -4.74. The van der Waals surface area contributed by atoms with Crippen molar-refractivity contribution in [2.75, 3.05) is 26.2 Å². The van der Waals surface area contributed by atoms with Crippen molar-refractivity contribution in [2.45, 2.75) is 79.1 Å². The third kappa shape index (κ3) is 8.44. The summed E-state index contributed by atoms with van der Waals surface area (Å²) >= 11 is 0. The molecule has 4 fully saturated rings. The lowest BCUT2D eigenvalue weighted by Crippen LogP contribution is -2.66. The van der Waals surface area contributed by atoms with Gasteiger partial charge in [-0.1, -0.05) is 86.3 Å². The molecule has 0 N–H and O–H groups in total. The number of fused-ring (bicyclic) bond motifs is 4. The lowest BCUT2D eigenvalue weighted by molar-refractivity contribution is -0.939. The van der Waals surface area contributed by atoms with E-state index in [0.717, 1.165) is 86.0 Å². The summed E-state index contributed by atoms with van der Waals surface area (Å²) in [5.41, 5.74) is 1.42. The number of benzene rings is 3. The second kappa shape index (κ2) is 15.5. The number of piperidine rings is 3. The Morgan fingerprint density at radius 2 is 1.33 bits per heavy atom. The van der Waals surface area contributed by atoms with E-state index >= 15 is 0 Å². The van der Waals surface area contributed by atoms with Crippen LogP contribution in [0.3, 0.4) is 0 Å². The van der Waals surface area contributed by atoms with Crippen molar-refractivity contribution < 1.29 is 44.8 Å². The molecule has 3 aromatic carbocycles. The number of quaternary nitrogens is 1. The Morgan fingerprint density at radius 3 is 1.87 bits per heavy atom. The summed E-state index contributed by atoms with van der Waals surface area (Å²) in [6, 6.07) is 23.1. The highest BCUT2D eigenvalue weighted by Crippen LogP contribution is 2.42. The predicted molar refractivity (Wildman–Crippen MR) is 191 cm³/mol. The van der Waals surface area contributed by atoms with E-state index in [9.17, 15) is 35.5 Å². The van der Waals surface area contributed by atoms with E-state index in [1.807, 2.05) is 36.4 Å². The number of pyridine rings is 1. The molecule has 8 rings (SSSR count). The first-order valence-electron chi connectivity index (χ1n) is 17.8. The molecular formula is C39H43N2O9S2-. The average Bonchev–Trinajstić information content (AvgIpc) is 3.39. The molecule has 0 radical (unpaired) electrons. The van der Waals surface area contributed by atoms with Gasteiger partial charge in [0.1, 0.15) is 33.3 Å². The van der Waals surface area contributed by atoms with Crippen LogP contribution in [0.15, 0.2) is 101 Å². The van der Waals surface area contributed by atoms with Crippen LogP contribution >= 0.6 is 0 Å². The number of carbonyl (C=O) groups excluding carboxylic acids is 2. The third-order valence-electron chi connectivity index (χ3n) is 11.0. The number of Topliss-reactive ketones (excluding diaryl/α,β-unsaturated/α-hetero) is 1. The number of rotatable bonds is 9. The number of ketones is 1. The average molecular weight is 748 g/mol. The first kappa shape index (κ1) is 37.7. The lowest BCUT2D eigenvalue weighted by Gasteiger charge is -2.52. The molecule has 13 heteroatoms. The number of aromatic nitrogens is 1. The van der Waals surface area contributed by atoms with Crippen LogP contribution in [0.25, 0.3) is 10.8 Å². The summed E-state index contributed by atoms with van der Waals surface area (Å²) in [4.78, 5) is 30.1. The summed E-state index contributed by atoms with van der Waals surface area (Å²) in [6.07, 6.45) is 10.4. The maximum Gasteiger partial charge on any atom is 0.317 e. The van der Waals surface area contributed by atoms with Crippen LogP contribution in [0.1, 0.15) is 62.6 Å². The molecule has 1 saturated carbocycles. The largest absolute Gasteiger partial charge is 0.744 e. The van der Waals surface area contributed by atoms with Gasteiger partial charge in [0.05, 0.1) is 34.7 Å². The number of nitrogens with zero attached hydrogens (tertiary/aromatic N) is 2. The second-order valence-corrected chi connectivity index (χ2v) is 17.0. The standard InChI is InChI=1S/C29H37N2O3.C10H8O6S2/c32-26(20-25-12-6-9-17-30-25)21-31-18-13-23(14-19-31)27(22-31)34-28(33)29(15-7-1-2-8-16-29)24-10-4-3-5-11-24;11-17(12,13)9-5-1-3-7-8(9)4-2-6-10(7)18(14,15)16/h3-6,9-12,17,23,27H,1-2,7-8,13-16,18-22H2;1-6H,(H,11,12,13)(H,14,15,16)/q+1;/p-2/t23?,27-,31?;/m0./s1. The normalized spacial score (nSPS) is 22.8. The van der Waals surface area contributed by atoms with E-state index in [-0.39, 0.29) is 28.6 Å². The van der Waals surface area contributed by atoms with Crippen molar-refractivity contribution in [1.82, 2.24) is 4.98 Å². The molecule has 1 atom stereocenters. The molecule has 0 amide bonds. The molecule has 1 aromatic heterocycles. The topological polar surface area (TPSA) is 171 Å². The van der Waals surface area contributed by atoms with Crippen LogP contribution in [0.5, 0.6) is 0 Å². The van der Waals surface area contributed by atoms with Gasteiger partial charge >= 0.3 is 5.97 Å². The Hall–Kier alpha value is -4.01. The Balaban J connectivity index is 0.000000217. The first-order chi connectivity index (χ1) is 24.8. The summed E-state index contributed by atoms with van der Waals surface area (Å²) in [6.45, 7) is 3.31. The molecule has 1 aliphatic carbocycles. The van der Waals surface area contributed by atoms with Crippen molar-refractivity contribution in [1.29, 1.82) is 0 Å². The van der Waals surface area contributed by atoms with Crippen LogP contribution in [0, 0.1) is 5.92 Å². The number of ether oxygens (including phenoxy) is 1. The number of esters is 1. The fraction of sp³-hybridized carbons (Fsp3) is 0.410. The molecule has 3 aliphatic heterocycles. The third-order valence-corrected chi connectivity index (χ3v) is 12.8. The highest BCUT2D eigenvalue weighted by Gasteiger charge is 2.51. The second-order valence-electron chi connectivity index (χ2n) is 14.3. The number of hydrogen-bond donors (Lipinski definition) is 0. The Morgan fingerprint density at radius 1 is 0.750 bits per heavy atom. The van der Waals surface area contributed by atoms with Gasteiger partial charge in [0, 0.05) is 41.4 Å². The van der Waals surface area contributed by atoms with Crippen LogP contribution in [0.4, 0.5) is 0 Å². The van der Waals surface area contributed by atoms with Crippen molar-refractivity contribution in [3.63, 3.8) is 0 Å². The fourth-order valence-electron chi connectivity index (χ4n) is 8.35. The zero-order chi connectivity index (χ0) is 37.0. The first-order valence-corrected chi connectivity index (χ1v) is 20.6. The lowest BCUT2D eigenvalue weighted by atomic mass is 9.74. The van der Waals surface area contributed by atoms with Gasteiger partial charge < -0.3 is 18.3 Å². The minimum absolute atomic E-state index is 0.0303. The molecule has 52 heavy (non-hydrogen) atoms. The maximum absolute atomic E-state index is 13.9. The van der Waals surface area contributed by atoms with Crippen molar-refractivity contribution in [3.05, 3.63) is 102 Å². The van der Waals surface area contributed by atoms with E-state index in [0.29, 0.717) is 18.9 Å². The fourth-order valence-corrected chi connectivity index (χ4v) is 9.74. The van der Waals surface area contributed by atoms with Gasteiger partial charge in [-0.25, -0.2) is 16.8 Å². The molecule has 11 nitrogen and oxygen atoms in total. The monoisotopic (exact) mass is 747 g/mol. The molecule has 2 bridgehead atoms. The van der Waals surface area contributed by atoms with Crippen LogP contribution in [-0.2, 0) is 46.4 Å². The van der Waals surface area contributed by atoms with Gasteiger partial charge in [-0.3, -0.25) is 14.6 Å². The van der Waals surface area contributed by atoms with Crippen LogP contribution < -0.4 is 0 Å². The van der Waals surface area contributed by atoms with Crippen molar-refractivity contribution in [3.8, 4) is 0 Å². The summed E-state index contributed by atoms with van der Waals surface area (Å²) in [5.74, 6) is 0.624. The van der Waals surface area contributed by atoms with E-state index in [2.05, 4.69) is 17.1 Å². The maximum atomic E-state index is 13.9.